The molecule has 5 nitrogen and oxygen atoms in total. The highest BCUT2D eigenvalue weighted by Gasteiger charge is 2.12. The third-order valence-electron chi connectivity index (χ3n) is 3.55. The largest absolute Gasteiger partial charge is 0.384 e. The summed E-state index contributed by atoms with van der Waals surface area (Å²) in [6, 6.07) is 11.1. The Balaban J connectivity index is 2.13. The number of aromatic nitrogens is 1. The van der Waals surface area contributed by atoms with Crippen molar-refractivity contribution in [2.75, 3.05) is 20.3 Å². The van der Waals surface area contributed by atoms with E-state index in [0.717, 1.165) is 11.1 Å². The number of H-pyrrole nitrogens is 1. The molecule has 0 saturated carbocycles. The maximum Gasteiger partial charge on any atom is 0.261 e. The van der Waals surface area contributed by atoms with Crippen molar-refractivity contribution in [1.82, 2.24) is 10.3 Å². The van der Waals surface area contributed by atoms with E-state index < -0.39 is 0 Å². The van der Waals surface area contributed by atoms with Crippen molar-refractivity contribution in [2.45, 2.75) is 13.8 Å². The number of ether oxygens (including phenoxy) is 1. The third kappa shape index (κ3) is 4.53. The van der Waals surface area contributed by atoms with Crippen LogP contribution < -0.4 is 10.9 Å². The minimum atomic E-state index is -0.388. The van der Waals surface area contributed by atoms with E-state index in [1.807, 2.05) is 38.1 Å². The quantitative estimate of drug-likeness (QED) is 0.860. The van der Waals surface area contributed by atoms with E-state index in [9.17, 15) is 9.59 Å². The molecule has 5 heteroatoms. The van der Waals surface area contributed by atoms with E-state index in [2.05, 4.69) is 10.3 Å². The molecule has 0 aliphatic heterocycles. The molecular weight excluding hydrogens is 292 g/mol. The summed E-state index contributed by atoms with van der Waals surface area (Å²) in [5.74, 6) is -0.181. The van der Waals surface area contributed by atoms with Crippen LogP contribution in [0.25, 0.3) is 11.3 Å². The van der Waals surface area contributed by atoms with Gasteiger partial charge in [0.15, 0.2) is 0 Å². The molecule has 0 aliphatic rings. The highest BCUT2D eigenvalue weighted by molar-refractivity contribution is 5.94. The zero-order chi connectivity index (χ0) is 16.8. The second-order valence-electron chi connectivity index (χ2n) is 5.75. The summed E-state index contributed by atoms with van der Waals surface area (Å²) in [4.78, 5) is 27.0. The van der Waals surface area contributed by atoms with Gasteiger partial charge in [-0.15, -0.1) is 0 Å². The number of benzene rings is 1. The van der Waals surface area contributed by atoms with Gasteiger partial charge < -0.3 is 15.0 Å². The maximum atomic E-state index is 12.2. The molecule has 2 rings (SSSR count). The second kappa shape index (κ2) is 7.74. The zero-order valence-corrected chi connectivity index (χ0v) is 13.7. The number of hydrogen-bond donors (Lipinski definition) is 2. The average molecular weight is 314 g/mol. The van der Waals surface area contributed by atoms with Gasteiger partial charge in [-0.25, -0.2) is 0 Å². The van der Waals surface area contributed by atoms with Crippen molar-refractivity contribution in [3.05, 3.63) is 57.9 Å². The van der Waals surface area contributed by atoms with Gasteiger partial charge in [-0.3, -0.25) is 9.59 Å². The lowest BCUT2D eigenvalue weighted by Gasteiger charge is -2.11. The fourth-order valence-electron chi connectivity index (χ4n) is 2.34. The third-order valence-corrected chi connectivity index (χ3v) is 3.55. The molecule has 1 heterocycles. The predicted molar refractivity (Wildman–Crippen MR) is 90.6 cm³/mol. The minimum Gasteiger partial charge on any atom is -0.384 e. The number of nitrogens with one attached hydrogen (secondary N) is 2. The molecular formula is C18H22N2O3. The number of amides is 1. The molecule has 0 spiro atoms. The SMILES string of the molecule is COC[C@@H](C)CNC(=O)c1ccc(-c2cccc(C)c2)[nH]c1=O. The molecule has 0 fully saturated rings. The number of aromatic amines is 1. The Kier molecular flexibility index (Phi) is 5.71. The highest BCUT2D eigenvalue weighted by atomic mass is 16.5. The molecule has 2 aromatic rings. The smallest absolute Gasteiger partial charge is 0.261 e. The normalized spacial score (nSPS) is 12.0. The molecule has 122 valence electrons. The summed E-state index contributed by atoms with van der Waals surface area (Å²) >= 11 is 0. The molecule has 1 aromatic carbocycles. The lowest BCUT2D eigenvalue weighted by Crippen LogP contribution is -2.33. The van der Waals surface area contributed by atoms with E-state index >= 15 is 0 Å². The minimum absolute atomic E-state index is 0.117. The Hall–Kier alpha value is -2.40. The van der Waals surface area contributed by atoms with Crippen LogP contribution in [0.5, 0.6) is 0 Å². The summed E-state index contributed by atoms with van der Waals surface area (Å²) in [5, 5.41) is 2.75. The molecule has 0 aliphatic carbocycles. The summed E-state index contributed by atoms with van der Waals surface area (Å²) in [5.41, 5.74) is 2.45. The van der Waals surface area contributed by atoms with Crippen molar-refractivity contribution < 1.29 is 9.53 Å². The van der Waals surface area contributed by atoms with Crippen LogP contribution in [0.4, 0.5) is 0 Å². The molecule has 23 heavy (non-hydrogen) atoms. The number of rotatable bonds is 6. The van der Waals surface area contributed by atoms with Gasteiger partial charge in [0.2, 0.25) is 0 Å². The van der Waals surface area contributed by atoms with E-state index in [1.165, 1.54) is 0 Å². The van der Waals surface area contributed by atoms with Crippen molar-refractivity contribution in [1.29, 1.82) is 0 Å². The monoisotopic (exact) mass is 314 g/mol. The number of aryl methyl sites for hydroxylation is 1. The Bertz CT molecular complexity index is 737. The standard InChI is InChI=1S/C18H22N2O3/c1-12-5-4-6-14(9-12)16-8-7-15(18(22)20-16)17(21)19-10-13(2)11-23-3/h4-9,13H,10-11H2,1-3H3,(H,19,21)(H,20,22)/t13-/m0/s1. The molecule has 0 radical (unpaired) electrons. The number of carbonyl (C=O) groups is 1. The Morgan fingerprint density at radius 3 is 2.74 bits per heavy atom. The average Bonchev–Trinajstić information content (AvgIpc) is 2.53. The number of pyridine rings is 1. The van der Waals surface area contributed by atoms with Crippen LogP contribution in [-0.2, 0) is 4.74 Å². The second-order valence-corrected chi connectivity index (χ2v) is 5.75. The van der Waals surface area contributed by atoms with E-state index in [0.29, 0.717) is 18.8 Å². The van der Waals surface area contributed by atoms with E-state index in [4.69, 9.17) is 4.74 Å². The van der Waals surface area contributed by atoms with E-state index in [-0.39, 0.29) is 22.9 Å². The summed E-state index contributed by atoms with van der Waals surface area (Å²) in [6.07, 6.45) is 0. The van der Waals surface area contributed by atoms with Gasteiger partial charge in [-0.05, 0) is 36.6 Å². The van der Waals surface area contributed by atoms with Crippen molar-refractivity contribution in [3.63, 3.8) is 0 Å². The summed E-state index contributed by atoms with van der Waals surface area (Å²) in [6.45, 7) is 4.98. The summed E-state index contributed by atoms with van der Waals surface area (Å²) < 4.78 is 5.02. The van der Waals surface area contributed by atoms with Crippen molar-refractivity contribution in [3.8, 4) is 11.3 Å². The van der Waals surface area contributed by atoms with Crippen LogP contribution in [0.15, 0.2) is 41.2 Å². The van der Waals surface area contributed by atoms with Gasteiger partial charge in [0, 0.05) is 19.3 Å². The highest BCUT2D eigenvalue weighted by Crippen LogP contribution is 2.16. The first-order valence-electron chi connectivity index (χ1n) is 7.58. The lowest BCUT2D eigenvalue weighted by atomic mass is 10.1. The van der Waals surface area contributed by atoms with Gasteiger partial charge in [-0.2, -0.15) is 0 Å². The maximum absolute atomic E-state index is 12.2. The Labute approximate surface area is 135 Å². The number of carbonyl (C=O) groups excluding carboxylic acids is 1. The first-order valence-corrected chi connectivity index (χ1v) is 7.58. The fraction of sp³-hybridized carbons (Fsp3) is 0.333. The first kappa shape index (κ1) is 17.0. The molecule has 0 unspecified atom stereocenters. The van der Waals surface area contributed by atoms with Crippen LogP contribution in [0, 0.1) is 12.8 Å². The van der Waals surface area contributed by atoms with Crippen LogP contribution in [-0.4, -0.2) is 31.2 Å². The molecule has 1 aromatic heterocycles. The number of methoxy groups -OCH3 is 1. The summed E-state index contributed by atoms with van der Waals surface area (Å²) in [7, 11) is 1.62. The zero-order valence-electron chi connectivity index (χ0n) is 13.7. The predicted octanol–water partition coefficient (Wildman–Crippen LogP) is 2.36. The van der Waals surface area contributed by atoms with Gasteiger partial charge in [0.1, 0.15) is 5.56 Å². The van der Waals surface area contributed by atoms with Crippen molar-refractivity contribution in [2.24, 2.45) is 5.92 Å². The molecule has 0 saturated heterocycles. The van der Waals surface area contributed by atoms with Gasteiger partial charge >= 0.3 is 0 Å². The van der Waals surface area contributed by atoms with Gasteiger partial charge in [0.05, 0.1) is 6.61 Å². The van der Waals surface area contributed by atoms with Gasteiger partial charge in [-0.1, -0.05) is 30.7 Å². The van der Waals surface area contributed by atoms with Crippen molar-refractivity contribution >= 4 is 5.91 Å². The van der Waals surface area contributed by atoms with Crippen LogP contribution >= 0.6 is 0 Å². The topological polar surface area (TPSA) is 71.2 Å². The Morgan fingerprint density at radius 1 is 1.30 bits per heavy atom. The van der Waals surface area contributed by atoms with Crippen LogP contribution in [0.3, 0.4) is 0 Å². The Morgan fingerprint density at radius 2 is 2.09 bits per heavy atom. The molecule has 1 atom stereocenters. The fourth-order valence-corrected chi connectivity index (χ4v) is 2.34. The van der Waals surface area contributed by atoms with Crippen LogP contribution in [0.1, 0.15) is 22.8 Å². The van der Waals surface area contributed by atoms with Crippen LogP contribution in [0.2, 0.25) is 0 Å². The number of hydrogen-bond acceptors (Lipinski definition) is 3. The van der Waals surface area contributed by atoms with Gasteiger partial charge in [0.25, 0.3) is 11.5 Å². The molecule has 2 N–H and O–H groups in total. The first-order chi connectivity index (χ1) is 11.0. The molecule has 1 amide bonds. The molecule has 0 bridgehead atoms. The van der Waals surface area contributed by atoms with E-state index in [1.54, 1.807) is 19.2 Å². The lowest BCUT2D eigenvalue weighted by molar-refractivity contribution is 0.0932.